The lowest BCUT2D eigenvalue weighted by atomic mass is 9.87. The summed E-state index contributed by atoms with van der Waals surface area (Å²) in [7, 11) is -3.56. The van der Waals surface area contributed by atoms with Crippen LogP contribution in [0.4, 0.5) is 5.69 Å². The fourth-order valence-electron chi connectivity index (χ4n) is 2.82. The molecular weight excluding hydrogens is 384 g/mol. The van der Waals surface area contributed by atoms with Gasteiger partial charge in [-0.1, -0.05) is 37.6 Å². The maximum Gasteiger partial charge on any atom is 0.240 e. The lowest BCUT2D eigenvalue weighted by Gasteiger charge is -2.21. The largest absolute Gasteiger partial charge is 0.326 e. The predicted molar refractivity (Wildman–Crippen MR) is 110 cm³/mol. The number of carbonyl (C=O) groups is 1. The summed E-state index contributed by atoms with van der Waals surface area (Å²) >= 11 is 5.93. The van der Waals surface area contributed by atoms with Gasteiger partial charge >= 0.3 is 0 Å². The summed E-state index contributed by atoms with van der Waals surface area (Å²) in [6.07, 6.45) is 0. The molecular formula is C20H25ClN2O3S. The minimum Gasteiger partial charge on any atom is -0.326 e. The molecule has 1 atom stereocenters. The topological polar surface area (TPSA) is 75.3 Å². The van der Waals surface area contributed by atoms with Crippen molar-refractivity contribution in [3.05, 3.63) is 59.1 Å². The molecule has 0 aliphatic heterocycles. The molecule has 2 N–H and O–H groups in total. The Hall–Kier alpha value is -1.89. The highest BCUT2D eigenvalue weighted by molar-refractivity contribution is 7.89. The summed E-state index contributed by atoms with van der Waals surface area (Å²) in [5.74, 6) is -0.405. The van der Waals surface area contributed by atoms with Crippen LogP contribution in [0.1, 0.15) is 39.2 Å². The summed E-state index contributed by atoms with van der Waals surface area (Å²) in [6, 6.07) is 13.2. The fourth-order valence-corrected chi connectivity index (χ4v) is 4.20. The van der Waals surface area contributed by atoms with E-state index >= 15 is 0 Å². The van der Waals surface area contributed by atoms with Gasteiger partial charge in [0, 0.05) is 16.8 Å². The van der Waals surface area contributed by atoms with Crippen molar-refractivity contribution in [1.29, 1.82) is 0 Å². The van der Waals surface area contributed by atoms with Crippen LogP contribution in [0.2, 0.25) is 5.02 Å². The molecule has 0 fully saturated rings. The van der Waals surface area contributed by atoms with Crippen molar-refractivity contribution in [3.63, 3.8) is 0 Å². The van der Waals surface area contributed by atoms with Crippen molar-refractivity contribution in [1.82, 2.24) is 4.72 Å². The molecule has 2 rings (SSSR count). The monoisotopic (exact) mass is 408 g/mol. The van der Waals surface area contributed by atoms with Crippen LogP contribution in [-0.2, 0) is 14.8 Å². The first-order valence-electron chi connectivity index (χ1n) is 8.79. The van der Waals surface area contributed by atoms with E-state index in [2.05, 4.69) is 10.0 Å². The van der Waals surface area contributed by atoms with E-state index in [1.807, 2.05) is 26.0 Å². The zero-order chi connectivity index (χ0) is 20.2. The van der Waals surface area contributed by atoms with Gasteiger partial charge in [-0.05, 0) is 61.7 Å². The van der Waals surface area contributed by atoms with Crippen LogP contribution >= 0.6 is 11.6 Å². The molecule has 0 spiro atoms. The number of anilines is 1. The highest BCUT2D eigenvalue weighted by atomic mass is 35.5. The molecule has 0 bridgehead atoms. The normalized spacial score (nSPS) is 13.0. The molecule has 1 amide bonds. The first-order valence-corrected chi connectivity index (χ1v) is 10.6. The summed E-state index contributed by atoms with van der Waals surface area (Å²) < 4.78 is 26.9. The smallest absolute Gasteiger partial charge is 0.240 e. The van der Waals surface area contributed by atoms with Gasteiger partial charge in [0.05, 0.1) is 10.8 Å². The van der Waals surface area contributed by atoms with Gasteiger partial charge < -0.3 is 5.32 Å². The lowest BCUT2D eigenvalue weighted by molar-refractivity contribution is -0.118. The molecule has 27 heavy (non-hydrogen) atoms. The number of carbonyl (C=O) groups excluding carboxylic acids is 1. The van der Waals surface area contributed by atoms with Crippen molar-refractivity contribution in [2.24, 2.45) is 5.92 Å². The van der Waals surface area contributed by atoms with Crippen molar-refractivity contribution < 1.29 is 13.2 Å². The number of amides is 1. The van der Waals surface area contributed by atoms with E-state index in [-0.39, 0.29) is 28.7 Å². The average molecular weight is 409 g/mol. The molecule has 146 valence electrons. The number of benzene rings is 2. The highest BCUT2D eigenvalue weighted by Gasteiger charge is 2.24. The average Bonchev–Trinajstić information content (AvgIpc) is 2.56. The number of hydrogen-bond acceptors (Lipinski definition) is 3. The number of rotatable bonds is 7. The fraction of sp³-hybridized carbons (Fsp3) is 0.350. The van der Waals surface area contributed by atoms with Crippen LogP contribution < -0.4 is 10.0 Å². The number of nitrogens with one attached hydrogen (secondary N) is 2. The van der Waals surface area contributed by atoms with Crippen LogP contribution in [0.5, 0.6) is 0 Å². The molecule has 2 aromatic carbocycles. The van der Waals surface area contributed by atoms with E-state index in [4.69, 9.17) is 11.6 Å². The Morgan fingerprint density at radius 1 is 0.926 bits per heavy atom. The molecule has 0 heterocycles. The van der Waals surface area contributed by atoms with E-state index in [1.165, 1.54) is 12.1 Å². The van der Waals surface area contributed by atoms with Gasteiger partial charge in [-0.25, -0.2) is 13.1 Å². The number of halogens is 1. The van der Waals surface area contributed by atoms with Crippen molar-refractivity contribution in [2.75, 3.05) is 5.32 Å². The minimum absolute atomic E-state index is 0.0843. The van der Waals surface area contributed by atoms with Crippen LogP contribution in [0.25, 0.3) is 0 Å². The number of hydrogen-bond donors (Lipinski definition) is 2. The molecule has 2 aromatic rings. The van der Waals surface area contributed by atoms with Gasteiger partial charge in [0.15, 0.2) is 0 Å². The summed E-state index contributed by atoms with van der Waals surface area (Å²) in [6.45, 7) is 7.47. The van der Waals surface area contributed by atoms with Gasteiger partial charge in [-0.2, -0.15) is 0 Å². The standard InChI is InChI=1S/C20H25ClN2O3S/c1-13(2)19(15-5-7-16(21)8-6-15)20(24)22-17-9-11-18(12-10-17)27(25,26)23-14(3)4/h5-14,19,23H,1-4H3,(H,22,24)/t19-/m1/s1. The Balaban J connectivity index is 2.17. The van der Waals surface area contributed by atoms with E-state index < -0.39 is 10.0 Å². The maximum atomic E-state index is 12.8. The summed E-state index contributed by atoms with van der Waals surface area (Å²) in [5, 5.41) is 3.49. The predicted octanol–water partition coefficient (Wildman–Crippen LogP) is 4.41. The Morgan fingerprint density at radius 3 is 1.96 bits per heavy atom. The molecule has 0 radical (unpaired) electrons. The zero-order valence-corrected chi connectivity index (χ0v) is 17.4. The third kappa shape index (κ3) is 5.79. The summed E-state index contributed by atoms with van der Waals surface area (Å²) in [5.41, 5.74) is 1.43. The maximum absolute atomic E-state index is 12.8. The summed E-state index contributed by atoms with van der Waals surface area (Å²) in [4.78, 5) is 13.0. The van der Waals surface area contributed by atoms with E-state index in [0.717, 1.165) is 5.56 Å². The van der Waals surface area contributed by atoms with Crippen molar-refractivity contribution in [3.8, 4) is 0 Å². The highest BCUT2D eigenvalue weighted by Crippen LogP contribution is 2.27. The van der Waals surface area contributed by atoms with Crippen LogP contribution in [0.3, 0.4) is 0 Å². The molecule has 0 unspecified atom stereocenters. The van der Waals surface area contributed by atoms with Gasteiger partial charge in [0.1, 0.15) is 0 Å². The SMILES string of the molecule is CC(C)NS(=O)(=O)c1ccc(NC(=O)[C@@H](c2ccc(Cl)cc2)C(C)C)cc1. The molecule has 0 aliphatic rings. The van der Waals surface area contributed by atoms with Crippen molar-refractivity contribution in [2.45, 2.75) is 44.6 Å². The van der Waals surface area contributed by atoms with E-state index in [9.17, 15) is 13.2 Å². The molecule has 7 heteroatoms. The molecule has 0 saturated heterocycles. The minimum atomic E-state index is -3.56. The Morgan fingerprint density at radius 2 is 1.48 bits per heavy atom. The molecule has 0 aliphatic carbocycles. The van der Waals surface area contributed by atoms with Gasteiger partial charge in [0.2, 0.25) is 15.9 Å². The van der Waals surface area contributed by atoms with Crippen LogP contribution in [0.15, 0.2) is 53.4 Å². The second kappa shape index (κ2) is 8.87. The Bertz CT molecular complexity index is 876. The number of sulfonamides is 1. The van der Waals surface area contributed by atoms with Crippen LogP contribution in [0, 0.1) is 5.92 Å². The third-order valence-corrected chi connectivity index (χ3v) is 5.93. The first-order chi connectivity index (χ1) is 12.6. The second-order valence-electron chi connectivity index (χ2n) is 7.06. The Kier molecular flexibility index (Phi) is 7.03. The van der Waals surface area contributed by atoms with Gasteiger partial charge in [-0.3, -0.25) is 4.79 Å². The van der Waals surface area contributed by atoms with Crippen LogP contribution in [-0.4, -0.2) is 20.4 Å². The van der Waals surface area contributed by atoms with E-state index in [0.29, 0.717) is 10.7 Å². The third-order valence-electron chi connectivity index (χ3n) is 4.00. The molecule has 5 nitrogen and oxygen atoms in total. The molecule has 0 saturated carbocycles. The molecule has 0 aromatic heterocycles. The zero-order valence-electron chi connectivity index (χ0n) is 15.9. The van der Waals surface area contributed by atoms with E-state index in [1.54, 1.807) is 38.1 Å². The first kappa shape index (κ1) is 21.4. The second-order valence-corrected chi connectivity index (χ2v) is 9.21. The van der Waals surface area contributed by atoms with Gasteiger partial charge in [0.25, 0.3) is 0 Å². The van der Waals surface area contributed by atoms with Gasteiger partial charge in [-0.15, -0.1) is 0 Å². The Labute approximate surface area is 166 Å². The quantitative estimate of drug-likeness (QED) is 0.712. The lowest BCUT2D eigenvalue weighted by Crippen LogP contribution is -2.30. The van der Waals surface area contributed by atoms with Crippen molar-refractivity contribution >= 4 is 33.2 Å².